The lowest BCUT2D eigenvalue weighted by molar-refractivity contribution is 0.662. The maximum atomic E-state index is 2.48. The van der Waals surface area contributed by atoms with Gasteiger partial charge in [0.2, 0.25) is 0 Å². The van der Waals surface area contributed by atoms with Crippen LogP contribution in [0.15, 0.2) is 249 Å². The van der Waals surface area contributed by atoms with E-state index < -0.39 is 5.41 Å². The minimum atomic E-state index is -0.513. The van der Waals surface area contributed by atoms with E-state index >= 15 is 0 Å². The Morgan fingerprint density at radius 1 is 0.269 bits per heavy atom. The average molecular weight is 854 g/mol. The lowest BCUT2D eigenvalue weighted by atomic mass is 9.67. The lowest BCUT2D eigenvalue weighted by Crippen LogP contribution is -2.28. The van der Waals surface area contributed by atoms with Crippen molar-refractivity contribution >= 4 is 38.6 Å². The van der Waals surface area contributed by atoms with Gasteiger partial charge in [0.25, 0.3) is 0 Å². The van der Waals surface area contributed by atoms with Crippen LogP contribution < -0.4 is 4.90 Å². The smallest absolute Gasteiger partial charge is 0.0714 e. The van der Waals surface area contributed by atoms with E-state index in [2.05, 4.69) is 267 Å². The first-order valence-electron chi connectivity index (χ1n) is 23.5. The van der Waals surface area contributed by atoms with Gasteiger partial charge in [-0.1, -0.05) is 202 Å². The molecule has 11 aromatic rings. The molecule has 0 aromatic heterocycles. The van der Waals surface area contributed by atoms with Crippen LogP contribution in [-0.4, -0.2) is 0 Å². The summed E-state index contributed by atoms with van der Waals surface area (Å²) in [6.07, 6.45) is 0. The number of hydrogen-bond donors (Lipinski definition) is 0. The standard InChI is InChI=1S/C66H47N/c1-65(2)62-41-49-19-13-12-18-48(49)39-59(62)60-40-50-32-35-55(38-51(50)42-63(60)65)67(54-33-30-47(31-34-54)46-28-26-45(27-29-46)44-16-6-3-7-17-44)56-36-37-58-57-24-14-15-25-61(57)66(64(58)43-56,52-20-8-4-9-21-52)53-22-10-5-11-23-53/h3-43H,1-2H3. The molecular formula is C66H47N. The molecule has 67 heavy (non-hydrogen) atoms. The topological polar surface area (TPSA) is 3.24 Å². The van der Waals surface area contributed by atoms with Crippen molar-refractivity contribution in [2.75, 3.05) is 4.90 Å². The Balaban J connectivity index is 0.987. The van der Waals surface area contributed by atoms with Crippen molar-refractivity contribution in [2.45, 2.75) is 24.7 Å². The fourth-order valence-corrected chi connectivity index (χ4v) is 11.6. The van der Waals surface area contributed by atoms with Crippen LogP contribution in [0.25, 0.3) is 66.1 Å². The minimum absolute atomic E-state index is 0.138. The van der Waals surface area contributed by atoms with Crippen LogP contribution >= 0.6 is 0 Å². The Hall–Kier alpha value is -8.26. The molecular weight excluding hydrogens is 807 g/mol. The lowest BCUT2D eigenvalue weighted by Gasteiger charge is -2.35. The number of anilines is 3. The van der Waals surface area contributed by atoms with Crippen molar-refractivity contribution in [1.82, 2.24) is 0 Å². The normalized spacial score (nSPS) is 13.8. The van der Waals surface area contributed by atoms with Crippen molar-refractivity contribution in [2.24, 2.45) is 0 Å². The average Bonchev–Trinajstić information content (AvgIpc) is 3.80. The molecule has 0 amide bonds. The van der Waals surface area contributed by atoms with E-state index in [9.17, 15) is 0 Å². The summed E-state index contributed by atoms with van der Waals surface area (Å²) in [7, 11) is 0. The van der Waals surface area contributed by atoms with Crippen LogP contribution in [0.3, 0.4) is 0 Å². The Kier molecular flexibility index (Phi) is 8.85. The van der Waals surface area contributed by atoms with Crippen molar-refractivity contribution < 1.29 is 0 Å². The maximum absolute atomic E-state index is 2.48. The van der Waals surface area contributed by atoms with Gasteiger partial charge in [-0.15, -0.1) is 0 Å². The molecule has 0 aliphatic heterocycles. The second kappa shape index (κ2) is 15.2. The molecule has 13 rings (SSSR count). The highest BCUT2D eigenvalue weighted by Crippen LogP contribution is 2.58. The van der Waals surface area contributed by atoms with Gasteiger partial charge < -0.3 is 4.90 Å². The molecule has 0 fully saturated rings. The van der Waals surface area contributed by atoms with E-state index in [0.717, 1.165) is 17.1 Å². The van der Waals surface area contributed by atoms with Gasteiger partial charge >= 0.3 is 0 Å². The third kappa shape index (κ3) is 6.08. The Bertz CT molecular complexity index is 3640. The van der Waals surface area contributed by atoms with E-state index in [1.807, 2.05) is 0 Å². The fourth-order valence-electron chi connectivity index (χ4n) is 11.6. The van der Waals surface area contributed by atoms with Crippen LogP contribution in [0.4, 0.5) is 17.1 Å². The third-order valence-electron chi connectivity index (χ3n) is 14.9. The largest absolute Gasteiger partial charge is 0.310 e. The number of hydrogen-bond acceptors (Lipinski definition) is 1. The van der Waals surface area contributed by atoms with Crippen LogP contribution in [0.1, 0.15) is 47.2 Å². The van der Waals surface area contributed by atoms with E-state index in [0.29, 0.717) is 0 Å². The Labute approximate surface area is 392 Å². The monoisotopic (exact) mass is 853 g/mol. The molecule has 0 saturated heterocycles. The zero-order valence-corrected chi connectivity index (χ0v) is 37.6. The number of benzene rings is 11. The molecule has 0 radical (unpaired) electrons. The van der Waals surface area contributed by atoms with Gasteiger partial charge in [0, 0.05) is 22.5 Å². The number of nitrogens with zero attached hydrogens (tertiary/aromatic N) is 1. The van der Waals surface area contributed by atoms with Gasteiger partial charge in [0.1, 0.15) is 0 Å². The zero-order chi connectivity index (χ0) is 44.7. The summed E-state index contributed by atoms with van der Waals surface area (Å²) in [5.74, 6) is 0. The van der Waals surface area contributed by atoms with Crippen LogP contribution in [0, 0.1) is 0 Å². The number of rotatable bonds is 7. The van der Waals surface area contributed by atoms with E-state index in [-0.39, 0.29) is 5.41 Å². The molecule has 1 nitrogen and oxygen atoms in total. The molecule has 0 bridgehead atoms. The summed E-state index contributed by atoms with van der Waals surface area (Å²) in [5, 5.41) is 5.05. The van der Waals surface area contributed by atoms with Gasteiger partial charge in [0.15, 0.2) is 0 Å². The molecule has 2 aliphatic rings. The van der Waals surface area contributed by atoms with E-state index in [1.54, 1.807) is 0 Å². The highest BCUT2D eigenvalue weighted by molar-refractivity contribution is 6.00. The van der Waals surface area contributed by atoms with Crippen molar-refractivity contribution in [3.63, 3.8) is 0 Å². The van der Waals surface area contributed by atoms with Gasteiger partial charge in [-0.3, -0.25) is 0 Å². The second-order valence-electron chi connectivity index (χ2n) is 18.9. The Morgan fingerprint density at radius 3 is 1.33 bits per heavy atom. The van der Waals surface area contributed by atoms with Gasteiger partial charge in [-0.25, -0.2) is 0 Å². The third-order valence-corrected chi connectivity index (χ3v) is 14.9. The molecule has 1 heteroatoms. The molecule has 0 spiro atoms. The molecule has 2 aliphatic carbocycles. The highest BCUT2D eigenvalue weighted by Gasteiger charge is 2.46. The molecule has 0 saturated carbocycles. The first-order chi connectivity index (χ1) is 32.9. The predicted molar refractivity (Wildman–Crippen MR) is 282 cm³/mol. The van der Waals surface area contributed by atoms with Gasteiger partial charge in [-0.05, 0) is 160 Å². The SMILES string of the molecule is CC1(C)c2cc3ccccc3cc2-c2cc3ccc(N(c4ccc(-c5ccc(-c6ccccc6)cc5)cc4)c4ccc5c(c4)C(c4ccccc4)(c4ccccc4)c4ccccc4-5)cc3cc21. The molecule has 0 atom stereocenters. The van der Waals surface area contributed by atoms with Gasteiger partial charge in [0.05, 0.1) is 5.41 Å². The predicted octanol–water partition coefficient (Wildman–Crippen LogP) is 17.5. The fraction of sp³-hybridized carbons (Fsp3) is 0.0606. The zero-order valence-electron chi connectivity index (χ0n) is 37.6. The van der Waals surface area contributed by atoms with Crippen LogP contribution in [0.2, 0.25) is 0 Å². The summed E-state index contributed by atoms with van der Waals surface area (Å²) in [4.78, 5) is 2.46. The second-order valence-corrected chi connectivity index (χ2v) is 18.9. The summed E-state index contributed by atoms with van der Waals surface area (Å²) < 4.78 is 0. The quantitative estimate of drug-likeness (QED) is 0.154. The van der Waals surface area contributed by atoms with Crippen molar-refractivity contribution in [3.05, 3.63) is 282 Å². The first-order valence-corrected chi connectivity index (χ1v) is 23.5. The molecule has 0 N–H and O–H groups in total. The summed E-state index contributed by atoms with van der Waals surface area (Å²) in [6, 6.07) is 92.6. The maximum Gasteiger partial charge on any atom is 0.0714 e. The van der Waals surface area contributed by atoms with Crippen LogP contribution in [-0.2, 0) is 10.8 Å². The summed E-state index contributed by atoms with van der Waals surface area (Å²) in [6.45, 7) is 4.78. The molecule has 316 valence electrons. The van der Waals surface area contributed by atoms with Crippen molar-refractivity contribution in [1.29, 1.82) is 0 Å². The van der Waals surface area contributed by atoms with Crippen molar-refractivity contribution in [3.8, 4) is 44.5 Å². The van der Waals surface area contributed by atoms with Gasteiger partial charge in [-0.2, -0.15) is 0 Å². The summed E-state index contributed by atoms with van der Waals surface area (Å²) >= 11 is 0. The van der Waals surface area contributed by atoms with Crippen LogP contribution in [0.5, 0.6) is 0 Å². The van der Waals surface area contributed by atoms with E-state index in [1.165, 1.54) is 99.4 Å². The molecule has 0 heterocycles. The molecule has 11 aromatic carbocycles. The van der Waals surface area contributed by atoms with E-state index in [4.69, 9.17) is 0 Å². The molecule has 0 unspecified atom stereocenters. The first kappa shape index (κ1) is 39.1. The Morgan fingerprint density at radius 2 is 0.701 bits per heavy atom. The number of fused-ring (bicyclic) bond motifs is 8. The summed E-state index contributed by atoms with van der Waals surface area (Å²) in [5.41, 5.74) is 20.6. The minimum Gasteiger partial charge on any atom is -0.310 e. The highest BCUT2D eigenvalue weighted by atomic mass is 15.1.